The smallest absolute Gasteiger partial charge is 0.410 e. The summed E-state index contributed by atoms with van der Waals surface area (Å²) in [6.45, 7) is 5.72. The molecule has 2 aliphatic rings. The van der Waals surface area contributed by atoms with Crippen molar-refractivity contribution in [3.8, 4) is 0 Å². The Morgan fingerprint density at radius 3 is 2.79 bits per heavy atom. The van der Waals surface area contributed by atoms with E-state index in [1.54, 1.807) is 4.90 Å². The van der Waals surface area contributed by atoms with Crippen molar-refractivity contribution in [3.05, 3.63) is 0 Å². The highest BCUT2D eigenvalue weighted by molar-refractivity contribution is 5.77. The van der Waals surface area contributed by atoms with Crippen LogP contribution in [-0.2, 0) is 14.3 Å². The van der Waals surface area contributed by atoms with E-state index in [2.05, 4.69) is 0 Å². The monoisotopic (exact) mass is 271 g/mol. The van der Waals surface area contributed by atoms with Crippen LogP contribution >= 0.6 is 0 Å². The minimum Gasteiger partial charge on any atom is -0.460 e. The lowest BCUT2D eigenvalue weighted by molar-refractivity contribution is -0.165. The Hall–Kier alpha value is -1.30. The molecule has 6 nitrogen and oxygen atoms in total. The van der Waals surface area contributed by atoms with Crippen molar-refractivity contribution in [3.63, 3.8) is 0 Å². The first kappa shape index (κ1) is 14.1. The number of nitrogens with zero attached hydrogens (tertiary/aromatic N) is 1. The molecule has 0 bridgehead atoms. The predicted octanol–water partition coefficient (Wildman–Crippen LogP) is 0.920. The fourth-order valence-corrected chi connectivity index (χ4v) is 2.65. The standard InChI is InChI=1S/C13H21NO5/c1-13(2,3)19-12(17)14-5-4-9-10(14)6-8(7-15)18-11(9)16/h8-10,15H,4-7H2,1-3H3/t8-,9+,10+/m0/s1. The molecule has 19 heavy (non-hydrogen) atoms. The van der Waals surface area contributed by atoms with Gasteiger partial charge in [0, 0.05) is 13.0 Å². The summed E-state index contributed by atoms with van der Waals surface area (Å²) in [5.41, 5.74) is -0.555. The summed E-state index contributed by atoms with van der Waals surface area (Å²) in [5.74, 6) is -0.600. The molecule has 0 aromatic carbocycles. The normalized spacial score (nSPS) is 30.8. The van der Waals surface area contributed by atoms with Gasteiger partial charge in [0.25, 0.3) is 0 Å². The van der Waals surface area contributed by atoms with E-state index in [0.717, 1.165) is 0 Å². The maximum Gasteiger partial charge on any atom is 0.410 e. The van der Waals surface area contributed by atoms with E-state index < -0.39 is 17.8 Å². The van der Waals surface area contributed by atoms with Crippen molar-refractivity contribution in [1.82, 2.24) is 4.90 Å². The molecule has 2 saturated heterocycles. The number of aliphatic hydroxyl groups is 1. The van der Waals surface area contributed by atoms with Crippen LogP contribution in [-0.4, -0.2) is 53.0 Å². The molecule has 2 rings (SSSR count). The minimum atomic E-state index is -0.555. The molecule has 108 valence electrons. The van der Waals surface area contributed by atoms with Gasteiger partial charge >= 0.3 is 12.1 Å². The first-order valence-corrected chi connectivity index (χ1v) is 6.63. The molecule has 1 N–H and O–H groups in total. The maximum atomic E-state index is 12.1. The number of carbonyl (C=O) groups excluding carboxylic acids is 2. The molecular formula is C13H21NO5. The van der Waals surface area contributed by atoms with Crippen molar-refractivity contribution in [1.29, 1.82) is 0 Å². The summed E-state index contributed by atoms with van der Waals surface area (Å²) in [4.78, 5) is 25.5. The van der Waals surface area contributed by atoms with Gasteiger partial charge in [0.05, 0.1) is 18.6 Å². The van der Waals surface area contributed by atoms with Gasteiger partial charge in [-0.25, -0.2) is 4.79 Å². The van der Waals surface area contributed by atoms with Gasteiger partial charge in [-0.15, -0.1) is 0 Å². The highest BCUT2D eigenvalue weighted by Crippen LogP contribution is 2.34. The highest BCUT2D eigenvalue weighted by atomic mass is 16.6. The van der Waals surface area contributed by atoms with E-state index in [-0.39, 0.29) is 24.5 Å². The van der Waals surface area contributed by atoms with Crippen molar-refractivity contribution in [2.24, 2.45) is 5.92 Å². The van der Waals surface area contributed by atoms with Gasteiger partial charge in [0.1, 0.15) is 11.7 Å². The molecule has 2 fully saturated rings. The third kappa shape index (κ3) is 3.00. The average Bonchev–Trinajstić information content (AvgIpc) is 2.70. The lowest BCUT2D eigenvalue weighted by atomic mass is 9.92. The fourth-order valence-electron chi connectivity index (χ4n) is 2.65. The van der Waals surface area contributed by atoms with Gasteiger partial charge in [-0.3, -0.25) is 4.79 Å². The van der Waals surface area contributed by atoms with E-state index in [4.69, 9.17) is 14.6 Å². The number of aliphatic hydroxyl groups excluding tert-OH is 1. The van der Waals surface area contributed by atoms with Crippen LogP contribution in [0.5, 0.6) is 0 Å². The van der Waals surface area contributed by atoms with Crippen molar-refractivity contribution >= 4 is 12.1 Å². The lowest BCUT2D eigenvalue weighted by Crippen LogP contribution is -2.48. The van der Waals surface area contributed by atoms with Crippen LogP contribution in [0.1, 0.15) is 33.6 Å². The third-order valence-corrected chi connectivity index (χ3v) is 3.47. The molecule has 0 spiro atoms. The van der Waals surface area contributed by atoms with E-state index in [9.17, 15) is 9.59 Å². The molecule has 3 atom stereocenters. The molecule has 0 unspecified atom stereocenters. The molecule has 1 amide bonds. The Balaban J connectivity index is 2.07. The topological polar surface area (TPSA) is 76.1 Å². The molecule has 6 heteroatoms. The Morgan fingerprint density at radius 1 is 1.53 bits per heavy atom. The first-order chi connectivity index (χ1) is 8.81. The van der Waals surface area contributed by atoms with Gasteiger partial charge in [0.15, 0.2) is 0 Å². The fraction of sp³-hybridized carbons (Fsp3) is 0.846. The molecule has 0 aromatic rings. The third-order valence-electron chi connectivity index (χ3n) is 3.47. The van der Waals surface area contributed by atoms with Gasteiger partial charge in [-0.1, -0.05) is 0 Å². The van der Waals surface area contributed by atoms with Crippen LogP contribution in [0.2, 0.25) is 0 Å². The Kier molecular flexibility index (Phi) is 3.71. The number of esters is 1. The van der Waals surface area contributed by atoms with Gasteiger partial charge in [-0.05, 0) is 27.2 Å². The van der Waals surface area contributed by atoms with Gasteiger partial charge in [0.2, 0.25) is 0 Å². The number of hydrogen-bond donors (Lipinski definition) is 1. The maximum absolute atomic E-state index is 12.1. The Morgan fingerprint density at radius 2 is 2.21 bits per heavy atom. The summed E-state index contributed by atoms with van der Waals surface area (Å²) < 4.78 is 10.5. The lowest BCUT2D eigenvalue weighted by Gasteiger charge is -2.35. The molecule has 0 radical (unpaired) electrons. The molecule has 2 heterocycles. The zero-order valence-electron chi connectivity index (χ0n) is 11.6. The van der Waals surface area contributed by atoms with E-state index in [1.807, 2.05) is 20.8 Å². The van der Waals surface area contributed by atoms with Crippen LogP contribution in [0.4, 0.5) is 4.79 Å². The number of hydrogen-bond acceptors (Lipinski definition) is 5. The zero-order valence-corrected chi connectivity index (χ0v) is 11.6. The number of amides is 1. The molecule has 2 aliphatic heterocycles. The van der Waals surface area contributed by atoms with E-state index >= 15 is 0 Å². The van der Waals surface area contributed by atoms with E-state index in [0.29, 0.717) is 19.4 Å². The van der Waals surface area contributed by atoms with Gasteiger partial charge in [-0.2, -0.15) is 0 Å². The first-order valence-electron chi connectivity index (χ1n) is 6.63. The summed E-state index contributed by atoms with van der Waals surface area (Å²) in [7, 11) is 0. The average molecular weight is 271 g/mol. The number of fused-ring (bicyclic) bond motifs is 1. The second kappa shape index (κ2) is 5.00. The molecule has 0 saturated carbocycles. The summed E-state index contributed by atoms with van der Waals surface area (Å²) >= 11 is 0. The van der Waals surface area contributed by atoms with Crippen molar-refractivity contribution < 1.29 is 24.2 Å². The second-order valence-corrected chi connectivity index (χ2v) is 6.11. The number of ether oxygens (including phenoxy) is 2. The van der Waals surface area contributed by atoms with Crippen molar-refractivity contribution in [2.75, 3.05) is 13.2 Å². The zero-order chi connectivity index (χ0) is 14.2. The number of rotatable bonds is 1. The SMILES string of the molecule is CC(C)(C)OC(=O)N1CC[C@H]2C(=O)O[C@H](CO)C[C@H]21. The van der Waals surface area contributed by atoms with Gasteiger partial charge < -0.3 is 19.5 Å². The molecular weight excluding hydrogens is 250 g/mol. The van der Waals surface area contributed by atoms with Crippen LogP contribution < -0.4 is 0 Å². The second-order valence-electron chi connectivity index (χ2n) is 6.11. The van der Waals surface area contributed by atoms with Crippen LogP contribution in [0.3, 0.4) is 0 Å². The minimum absolute atomic E-state index is 0.211. The summed E-state index contributed by atoms with van der Waals surface area (Å²) in [6, 6.07) is -0.215. The Bertz CT molecular complexity index is 376. The quantitative estimate of drug-likeness (QED) is 0.718. The number of carbonyl (C=O) groups is 2. The van der Waals surface area contributed by atoms with E-state index in [1.165, 1.54) is 0 Å². The summed E-state index contributed by atoms with van der Waals surface area (Å²) in [6.07, 6.45) is 0.163. The molecule has 0 aromatic heterocycles. The van der Waals surface area contributed by atoms with Crippen LogP contribution in [0, 0.1) is 5.92 Å². The number of likely N-dealkylation sites (tertiary alicyclic amines) is 1. The highest BCUT2D eigenvalue weighted by Gasteiger charge is 2.47. The molecule has 0 aliphatic carbocycles. The van der Waals surface area contributed by atoms with Crippen molar-refractivity contribution in [2.45, 2.75) is 51.4 Å². The largest absolute Gasteiger partial charge is 0.460 e. The van der Waals surface area contributed by atoms with Crippen LogP contribution in [0.15, 0.2) is 0 Å². The predicted molar refractivity (Wildman–Crippen MR) is 66.4 cm³/mol. The van der Waals surface area contributed by atoms with Crippen LogP contribution in [0.25, 0.3) is 0 Å². The Labute approximate surface area is 112 Å². The summed E-state index contributed by atoms with van der Waals surface area (Å²) in [5, 5.41) is 9.13. The number of cyclic esters (lactones) is 1.